The quantitative estimate of drug-likeness (QED) is 0.904. The largest absolute Gasteiger partial charge is 0.325 e. The summed E-state index contributed by atoms with van der Waals surface area (Å²) < 4.78 is 1.69. The number of benzene rings is 1. The third-order valence-corrected chi connectivity index (χ3v) is 5.11. The van der Waals surface area contributed by atoms with E-state index >= 15 is 0 Å². The van der Waals surface area contributed by atoms with Crippen LogP contribution in [-0.4, -0.2) is 39.1 Å². The molecule has 1 aliphatic heterocycles. The first kappa shape index (κ1) is 16.6. The number of thioether (sulfide) groups is 1. The lowest BCUT2D eigenvalue weighted by molar-refractivity contribution is -0.119. The summed E-state index contributed by atoms with van der Waals surface area (Å²) >= 11 is 1.40. The number of nitrogens with zero attached hydrogens (tertiary/aromatic N) is 3. The molecule has 7 heteroatoms. The van der Waals surface area contributed by atoms with E-state index in [1.54, 1.807) is 9.58 Å². The van der Waals surface area contributed by atoms with Gasteiger partial charge >= 0.3 is 0 Å². The molecule has 1 atom stereocenters. The third kappa shape index (κ3) is 3.97. The van der Waals surface area contributed by atoms with E-state index in [2.05, 4.69) is 10.4 Å². The molecule has 0 saturated carbocycles. The Morgan fingerprint density at radius 1 is 1.33 bits per heavy atom. The summed E-state index contributed by atoms with van der Waals surface area (Å²) in [7, 11) is 1.83. The molecule has 1 N–H and O–H groups in total. The molecule has 0 bridgehead atoms. The maximum atomic E-state index is 12.6. The van der Waals surface area contributed by atoms with Gasteiger partial charge in [0.05, 0.1) is 11.0 Å². The van der Waals surface area contributed by atoms with Crippen LogP contribution in [0.2, 0.25) is 0 Å². The van der Waals surface area contributed by atoms with Crippen molar-refractivity contribution in [1.82, 2.24) is 9.78 Å². The van der Waals surface area contributed by atoms with E-state index < -0.39 is 0 Å². The second-order valence-electron chi connectivity index (χ2n) is 5.69. The van der Waals surface area contributed by atoms with Crippen LogP contribution < -0.4 is 10.2 Å². The van der Waals surface area contributed by atoms with E-state index in [0.717, 1.165) is 18.5 Å². The van der Waals surface area contributed by atoms with E-state index in [-0.39, 0.29) is 22.8 Å². The molecule has 3 rings (SSSR count). The number of para-hydroxylation sites is 1. The molecular weight excluding hydrogens is 324 g/mol. The lowest BCUT2D eigenvalue weighted by Crippen LogP contribution is -2.43. The van der Waals surface area contributed by atoms with Crippen molar-refractivity contribution in [3.63, 3.8) is 0 Å². The van der Waals surface area contributed by atoms with Crippen molar-refractivity contribution in [3.8, 4) is 0 Å². The van der Waals surface area contributed by atoms with Crippen LogP contribution in [0.1, 0.15) is 12.8 Å². The van der Waals surface area contributed by atoms with Crippen LogP contribution in [-0.2, 0) is 16.6 Å². The SMILES string of the molecule is Cn1ccc(N2CCCC(SCC(=O)Nc3ccccc3)C2=O)n1. The number of nitrogens with one attached hydrogen (secondary N) is 1. The molecule has 0 aliphatic carbocycles. The summed E-state index contributed by atoms with van der Waals surface area (Å²) in [6.07, 6.45) is 3.54. The van der Waals surface area contributed by atoms with Crippen LogP contribution in [0.3, 0.4) is 0 Å². The summed E-state index contributed by atoms with van der Waals surface area (Å²) in [6.45, 7) is 0.684. The summed E-state index contributed by atoms with van der Waals surface area (Å²) in [6, 6.07) is 11.2. The van der Waals surface area contributed by atoms with Crippen LogP contribution >= 0.6 is 11.8 Å². The number of rotatable bonds is 5. The number of amides is 2. The smallest absolute Gasteiger partial charge is 0.241 e. The number of carbonyl (C=O) groups excluding carboxylic acids is 2. The summed E-state index contributed by atoms with van der Waals surface area (Å²) in [5, 5.41) is 6.95. The molecule has 1 unspecified atom stereocenters. The minimum Gasteiger partial charge on any atom is -0.325 e. The number of hydrogen-bond donors (Lipinski definition) is 1. The van der Waals surface area contributed by atoms with Crippen LogP contribution in [0.5, 0.6) is 0 Å². The molecular formula is C17H20N4O2S. The van der Waals surface area contributed by atoms with Crippen LogP contribution in [0.15, 0.2) is 42.6 Å². The molecule has 6 nitrogen and oxygen atoms in total. The molecule has 24 heavy (non-hydrogen) atoms. The highest BCUT2D eigenvalue weighted by molar-refractivity contribution is 8.01. The van der Waals surface area contributed by atoms with Gasteiger partial charge in [0.1, 0.15) is 0 Å². The topological polar surface area (TPSA) is 67.2 Å². The molecule has 126 valence electrons. The van der Waals surface area contributed by atoms with Gasteiger partial charge in [0, 0.05) is 31.5 Å². The molecule has 1 aliphatic rings. The van der Waals surface area contributed by atoms with Gasteiger partial charge in [-0.25, -0.2) is 0 Å². The minimum atomic E-state index is -0.192. The predicted octanol–water partition coefficient (Wildman–Crippen LogP) is 2.29. The van der Waals surface area contributed by atoms with Crippen molar-refractivity contribution in [2.75, 3.05) is 22.5 Å². The zero-order valence-electron chi connectivity index (χ0n) is 13.5. The van der Waals surface area contributed by atoms with E-state index in [4.69, 9.17) is 0 Å². The Labute approximate surface area is 145 Å². The predicted molar refractivity (Wildman–Crippen MR) is 96.1 cm³/mol. The van der Waals surface area contributed by atoms with Gasteiger partial charge in [0.25, 0.3) is 0 Å². The number of aromatic nitrogens is 2. The van der Waals surface area contributed by atoms with Crippen molar-refractivity contribution in [3.05, 3.63) is 42.6 Å². The molecule has 1 saturated heterocycles. The Kier molecular flexibility index (Phi) is 5.20. The molecule has 1 fully saturated rings. The lowest BCUT2D eigenvalue weighted by atomic mass is 10.1. The monoisotopic (exact) mass is 344 g/mol. The number of anilines is 2. The zero-order valence-corrected chi connectivity index (χ0v) is 14.3. The second kappa shape index (κ2) is 7.53. The first-order valence-electron chi connectivity index (χ1n) is 7.91. The Hall–Kier alpha value is -2.28. The number of carbonyl (C=O) groups is 2. The van der Waals surface area contributed by atoms with Gasteiger partial charge in [-0.05, 0) is 25.0 Å². The summed E-state index contributed by atoms with van der Waals surface area (Å²) in [5.41, 5.74) is 0.771. The maximum Gasteiger partial charge on any atom is 0.241 e. The van der Waals surface area contributed by atoms with Gasteiger partial charge in [0.2, 0.25) is 11.8 Å². The van der Waals surface area contributed by atoms with E-state index in [0.29, 0.717) is 12.4 Å². The molecule has 2 heterocycles. The molecule has 2 amide bonds. The van der Waals surface area contributed by atoms with Gasteiger partial charge in [0.15, 0.2) is 5.82 Å². The van der Waals surface area contributed by atoms with Crippen molar-refractivity contribution < 1.29 is 9.59 Å². The Morgan fingerprint density at radius 3 is 2.83 bits per heavy atom. The van der Waals surface area contributed by atoms with Crippen molar-refractivity contribution in [2.45, 2.75) is 18.1 Å². The molecule has 1 aromatic carbocycles. The normalized spacial score (nSPS) is 17.8. The second-order valence-corrected chi connectivity index (χ2v) is 6.88. The standard InChI is InChI=1S/C17H20N4O2S/c1-20-11-9-15(19-20)21-10-5-8-14(17(21)23)24-12-16(22)18-13-6-3-2-4-7-13/h2-4,6-7,9,11,14H,5,8,10,12H2,1H3,(H,18,22). The maximum absolute atomic E-state index is 12.6. The first-order valence-corrected chi connectivity index (χ1v) is 8.96. The Bertz CT molecular complexity index is 716. The minimum absolute atomic E-state index is 0.0393. The highest BCUT2D eigenvalue weighted by Crippen LogP contribution is 2.27. The van der Waals surface area contributed by atoms with Gasteiger partial charge in [-0.3, -0.25) is 19.2 Å². The fourth-order valence-electron chi connectivity index (χ4n) is 2.67. The number of aryl methyl sites for hydroxylation is 1. The van der Waals surface area contributed by atoms with Crippen molar-refractivity contribution in [1.29, 1.82) is 0 Å². The van der Waals surface area contributed by atoms with Gasteiger partial charge < -0.3 is 5.32 Å². The van der Waals surface area contributed by atoms with Crippen molar-refractivity contribution >= 4 is 35.1 Å². The number of hydrogen-bond acceptors (Lipinski definition) is 4. The van der Waals surface area contributed by atoms with Crippen molar-refractivity contribution in [2.24, 2.45) is 7.05 Å². The van der Waals surface area contributed by atoms with E-state index in [1.807, 2.05) is 49.6 Å². The average molecular weight is 344 g/mol. The van der Waals surface area contributed by atoms with Gasteiger partial charge in [-0.2, -0.15) is 5.10 Å². The highest BCUT2D eigenvalue weighted by Gasteiger charge is 2.31. The van der Waals surface area contributed by atoms with Crippen LogP contribution in [0.4, 0.5) is 11.5 Å². The highest BCUT2D eigenvalue weighted by atomic mass is 32.2. The van der Waals surface area contributed by atoms with Gasteiger partial charge in [-0.1, -0.05) is 18.2 Å². The molecule has 0 spiro atoms. The first-order chi connectivity index (χ1) is 11.6. The van der Waals surface area contributed by atoms with Crippen LogP contribution in [0, 0.1) is 0 Å². The fourth-order valence-corrected chi connectivity index (χ4v) is 3.69. The molecule has 0 radical (unpaired) electrons. The summed E-state index contributed by atoms with van der Waals surface area (Å²) in [5.74, 6) is 0.898. The lowest BCUT2D eigenvalue weighted by Gasteiger charge is -2.30. The zero-order chi connectivity index (χ0) is 16.9. The fraction of sp³-hybridized carbons (Fsp3) is 0.353. The average Bonchev–Trinajstić information content (AvgIpc) is 3.01. The van der Waals surface area contributed by atoms with Gasteiger partial charge in [-0.15, -0.1) is 11.8 Å². The summed E-state index contributed by atoms with van der Waals surface area (Å²) in [4.78, 5) is 26.4. The molecule has 2 aromatic rings. The Morgan fingerprint density at radius 2 is 2.12 bits per heavy atom. The number of piperidine rings is 1. The molecule has 1 aromatic heterocycles. The third-order valence-electron chi connectivity index (χ3n) is 3.84. The Balaban J connectivity index is 1.55. The van der Waals surface area contributed by atoms with E-state index in [9.17, 15) is 9.59 Å². The van der Waals surface area contributed by atoms with E-state index in [1.165, 1.54) is 11.8 Å². The van der Waals surface area contributed by atoms with Crippen LogP contribution in [0.25, 0.3) is 0 Å².